The molecule has 182 valence electrons. The van der Waals surface area contributed by atoms with Crippen molar-refractivity contribution in [3.05, 3.63) is 58.4 Å². The van der Waals surface area contributed by atoms with Gasteiger partial charge in [0.25, 0.3) is 5.91 Å². The number of nitrogens with one attached hydrogen (secondary N) is 1. The van der Waals surface area contributed by atoms with Gasteiger partial charge in [0.05, 0.1) is 18.9 Å². The molecule has 6 rings (SSSR count). The number of ether oxygens (including phenoxy) is 2. The molecule has 9 heteroatoms. The Balaban J connectivity index is 1.07. The van der Waals surface area contributed by atoms with E-state index in [4.69, 9.17) is 9.47 Å². The first-order chi connectivity index (χ1) is 17.0. The molecule has 0 spiro atoms. The summed E-state index contributed by atoms with van der Waals surface area (Å²) in [5, 5.41) is 2.34. The molecule has 35 heavy (non-hydrogen) atoms. The second-order valence-corrected chi connectivity index (χ2v) is 9.73. The fourth-order valence-corrected chi connectivity index (χ4v) is 5.48. The number of aromatic nitrogens is 1. The van der Waals surface area contributed by atoms with Crippen LogP contribution >= 0.6 is 0 Å². The van der Waals surface area contributed by atoms with Crippen LogP contribution < -0.4 is 10.1 Å². The minimum atomic E-state index is -0.606. The Morgan fingerprint density at radius 3 is 2.91 bits per heavy atom. The zero-order chi connectivity index (χ0) is 23.9. The molecule has 2 fully saturated rings. The van der Waals surface area contributed by atoms with Gasteiger partial charge in [-0.2, -0.15) is 0 Å². The average Bonchev–Trinajstić information content (AvgIpc) is 3.42. The van der Waals surface area contributed by atoms with Crippen LogP contribution in [0, 0.1) is 0 Å². The quantitative estimate of drug-likeness (QED) is 0.654. The van der Waals surface area contributed by atoms with Crippen LogP contribution in [0.1, 0.15) is 52.0 Å². The molecule has 4 aliphatic heterocycles. The first-order valence-electron chi connectivity index (χ1n) is 12.2. The lowest BCUT2D eigenvalue weighted by atomic mass is 10.0. The van der Waals surface area contributed by atoms with Crippen molar-refractivity contribution in [2.45, 2.75) is 57.5 Å². The van der Waals surface area contributed by atoms with Gasteiger partial charge in [-0.15, -0.1) is 0 Å². The summed E-state index contributed by atoms with van der Waals surface area (Å²) in [6.07, 6.45) is 4.50. The van der Waals surface area contributed by atoms with Gasteiger partial charge in [-0.05, 0) is 54.2 Å². The van der Waals surface area contributed by atoms with E-state index in [0.717, 1.165) is 56.1 Å². The number of piperidine rings is 1. The summed E-state index contributed by atoms with van der Waals surface area (Å²) in [5.74, 6) is -0.108. The van der Waals surface area contributed by atoms with Crippen molar-refractivity contribution in [2.24, 2.45) is 0 Å². The molecule has 5 heterocycles. The van der Waals surface area contributed by atoms with Gasteiger partial charge >= 0.3 is 0 Å². The molecule has 2 aromatic rings. The SMILES string of the molecule is O=C1CCC(N2Cc3cc(O[C@H]4CCN(Cc5cnc6c(c5)CCOC6)C4)ccc3C2=O)C(=O)N1. The van der Waals surface area contributed by atoms with Gasteiger partial charge in [0.1, 0.15) is 17.9 Å². The van der Waals surface area contributed by atoms with Crippen molar-refractivity contribution < 1.29 is 23.9 Å². The molecule has 0 aliphatic carbocycles. The summed E-state index contributed by atoms with van der Waals surface area (Å²) in [6.45, 7) is 4.35. The minimum absolute atomic E-state index is 0.0791. The second-order valence-electron chi connectivity index (χ2n) is 9.73. The van der Waals surface area contributed by atoms with E-state index in [1.54, 1.807) is 11.0 Å². The van der Waals surface area contributed by atoms with Crippen LogP contribution in [0.15, 0.2) is 30.5 Å². The van der Waals surface area contributed by atoms with Crippen molar-refractivity contribution in [1.29, 1.82) is 0 Å². The Labute approximate surface area is 203 Å². The van der Waals surface area contributed by atoms with Gasteiger partial charge in [0, 0.05) is 44.4 Å². The molecule has 1 aromatic heterocycles. The molecule has 4 aliphatic rings. The lowest BCUT2D eigenvalue weighted by Gasteiger charge is -2.29. The van der Waals surface area contributed by atoms with Crippen molar-refractivity contribution in [3.63, 3.8) is 0 Å². The highest BCUT2D eigenvalue weighted by Crippen LogP contribution is 2.31. The summed E-state index contributed by atoms with van der Waals surface area (Å²) in [5.41, 5.74) is 5.01. The minimum Gasteiger partial charge on any atom is -0.489 e. The number of amides is 3. The molecule has 1 N–H and O–H groups in total. The Bertz CT molecular complexity index is 1200. The molecule has 1 aromatic carbocycles. The Morgan fingerprint density at radius 2 is 2.03 bits per heavy atom. The monoisotopic (exact) mass is 476 g/mol. The largest absolute Gasteiger partial charge is 0.489 e. The first-order valence-corrected chi connectivity index (χ1v) is 12.2. The van der Waals surface area contributed by atoms with E-state index in [0.29, 0.717) is 25.1 Å². The molecule has 3 amide bonds. The number of likely N-dealkylation sites (tertiary alicyclic amines) is 1. The third-order valence-electron chi connectivity index (χ3n) is 7.30. The van der Waals surface area contributed by atoms with Crippen molar-refractivity contribution in [2.75, 3.05) is 19.7 Å². The molecule has 2 atom stereocenters. The number of benzene rings is 1. The van der Waals surface area contributed by atoms with Gasteiger partial charge in [-0.1, -0.05) is 6.07 Å². The molecule has 1 unspecified atom stereocenters. The van der Waals surface area contributed by atoms with E-state index in [2.05, 4.69) is 21.3 Å². The van der Waals surface area contributed by atoms with E-state index >= 15 is 0 Å². The topological polar surface area (TPSA) is 101 Å². The third-order valence-corrected chi connectivity index (χ3v) is 7.30. The van der Waals surface area contributed by atoms with E-state index in [1.807, 2.05) is 18.3 Å². The maximum atomic E-state index is 12.9. The highest BCUT2D eigenvalue weighted by atomic mass is 16.5. The molecule has 0 radical (unpaired) electrons. The molecule has 9 nitrogen and oxygen atoms in total. The fourth-order valence-electron chi connectivity index (χ4n) is 5.48. The van der Waals surface area contributed by atoms with Crippen molar-refractivity contribution >= 4 is 17.7 Å². The van der Waals surface area contributed by atoms with E-state index < -0.39 is 11.9 Å². The summed E-state index contributed by atoms with van der Waals surface area (Å²) in [7, 11) is 0. The van der Waals surface area contributed by atoms with Gasteiger partial charge in [0.2, 0.25) is 11.8 Å². The number of hydrogen-bond donors (Lipinski definition) is 1. The van der Waals surface area contributed by atoms with E-state index in [-0.39, 0.29) is 24.3 Å². The van der Waals surface area contributed by atoms with Crippen LogP contribution in [-0.2, 0) is 40.4 Å². The molecular weight excluding hydrogens is 448 g/mol. The summed E-state index contributed by atoms with van der Waals surface area (Å²) < 4.78 is 11.8. The van der Waals surface area contributed by atoms with Gasteiger partial charge in [-0.3, -0.25) is 29.6 Å². The first kappa shape index (κ1) is 22.2. The predicted octanol–water partition coefficient (Wildman–Crippen LogP) is 1.57. The Morgan fingerprint density at radius 1 is 1.11 bits per heavy atom. The summed E-state index contributed by atoms with van der Waals surface area (Å²) in [6, 6.07) is 7.19. The number of carbonyl (C=O) groups is 3. The number of pyridine rings is 1. The van der Waals surface area contributed by atoms with Crippen LogP contribution in [0.25, 0.3) is 0 Å². The van der Waals surface area contributed by atoms with E-state index in [1.165, 1.54) is 11.1 Å². The highest BCUT2D eigenvalue weighted by Gasteiger charge is 2.39. The normalized spacial score (nSPS) is 24.3. The summed E-state index contributed by atoms with van der Waals surface area (Å²) in [4.78, 5) is 45.1. The molecule has 2 saturated heterocycles. The van der Waals surface area contributed by atoms with Crippen LogP contribution in [0.2, 0.25) is 0 Å². The Kier molecular flexibility index (Phi) is 5.74. The van der Waals surface area contributed by atoms with E-state index in [9.17, 15) is 14.4 Å². The fraction of sp³-hybridized carbons (Fsp3) is 0.462. The highest BCUT2D eigenvalue weighted by molar-refractivity contribution is 6.05. The predicted molar refractivity (Wildman–Crippen MR) is 124 cm³/mol. The smallest absolute Gasteiger partial charge is 0.255 e. The second kappa shape index (κ2) is 9.05. The zero-order valence-corrected chi connectivity index (χ0v) is 19.5. The number of nitrogens with zero attached hydrogens (tertiary/aromatic N) is 3. The van der Waals surface area contributed by atoms with Gasteiger partial charge in [0.15, 0.2) is 0 Å². The van der Waals surface area contributed by atoms with Crippen LogP contribution in [0.3, 0.4) is 0 Å². The van der Waals surface area contributed by atoms with Crippen LogP contribution in [0.4, 0.5) is 0 Å². The van der Waals surface area contributed by atoms with Gasteiger partial charge < -0.3 is 14.4 Å². The third kappa shape index (κ3) is 4.41. The number of imide groups is 1. The average molecular weight is 477 g/mol. The lowest BCUT2D eigenvalue weighted by molar-refractivity contribution is -0.136. The zero-order valence-electron chi connectivity index (χ0n) is 19.5. The molecular formula is C26H28N4O5. The lowest BCUT2D eigenvalue weighted by Crippen LogP contribution is -2.52. The maximum Gasteiger partial charge on any atom is 0.255 e. The Hall–Kier alpha value is -3.30. The summed E-state index contributed by atoms with van der Waals surface area (Å²) >= 11 is 0. The van der Waals surface area contributed by atoms with Gasteiger partial charge in [-0.25, -0.2) is 0 Å². The maximum absolute atomic E-state index is 12.9. The number of hydrogen-bond acceptors (Lipinski definition) is 7. The number of rotatable bonds is 5. The van der Waals surface area contributed by atoms with Crippen LogP contribution in [0.5, 0.6) is 5.75 Å². The standard InChI is InChI=1S/C26H28N4O5/c31-24-4-3-23(25(32)28-24)30-13-18-10-19(1-2-21(18)26(30)33)35-20-5-7-29(14-20)12-16-9-17-6-8-34-15-22(17)27-11-16/h1-2,9-11,20,23H,3-8,12-15H2,(H,28,31,32)/t20-,23?/m0/s1. The van der Waals surface area contributed by atoms with Crippen molar-refractivity contribution in [3.8, 4) is 5.75 Å². The van der Waals surface area contributed by atoms with Crippen molar-refractivity contribution in [1.82, 2.24) is 20.1 Å². The van der Waals surface area contributed by atoms with Crippen LogP contribution in [-0.4, -0.2) is 64.3 Å². The number of carbonyl (C=O) groups excluding carboxylic acids is 3. The molecule has 0 saturated carbocycles. The molecule has 0 bridgehead atoms. The number of fused-ring (bicyclic) bond motifs is 2.